The minimum atomic E-state index is -0.0731. The number of carbonyl (C=O) groups excluding carboxylic acids is 1. The van der Waals surface area contributed by atoms with Crippen molar-refractivity contribution >= 4 is 51.4 Å². The first-order valence-corrected chi connectivity index (χ1v) is 11.6. The van der Waals surface area contributed by atoms with E-state index in [0.717, 1.165) is 28.6 Å². The van der Waals surface area contributed by atoms with Crippen LogP contribution in [0.15, 0.2) is 68.4 Å². The van der Waals surface area contributed by atoms with E-state index in [0.29, 0.717) is 12.4 Å². The van der Waals surface area contributed by atoms with Gasteiger partial charge in [-0.2, -0.15) is 0 Å². The second-order valence-corrected chi connectivity index (χ2v) is 9.35. The Kier molecular flexibility index (Phi) is 5.48. The highest BCUT2D eigenvalue weighted by atomic mass is 79.9. The summed E-state index contributed by atoms with van der Waals surface area (Å²) in [5.41, 5.74) is 4.79. The molecule has 5 nitrogen and oxygen atoms in total. The Labute approximate surface area is 188 Å². The molecule has 7 heteroatoms. The third-order valence-electron chi connectivity index (χ3n) is 5.62. The van der Waals surface area contributed by atoms with Crippen LogP contribution in [0.3, 0.4) is 0 Å². The van der Waals surface area contributed by atoms with Crippen LogP contribution in [0.5, 0.6) is 0 Å². The number of carbonyl (C=O) groups is 1. The number of nitrogens with zero attached hydrogens (tertiary/aromatic N) is 3. The number of aliphatic imine (C=N–C) groups is 2. The summed E-state index contributed by atoms with van der Waals surface area (Å²) in [4.78, 5) is 23.6. The van der Waals surface area contributed by atoms with Crippen molar-refractivity contribution in [1.29, 1.82) is 0 Å². The monoisotopic (exact) mass is 481 g/mol. The topological polar surface area (TPSA) is 54.3 Å². The molecule has 3 heterocycles. The van der Waals surface area contributed by atoms with E-state index in [-0.39, 0.29) is 23.8 Å². The molecule has 0 saturated heterocycles. The Morgan fingerprint density at radius 2 is 1.97 bits per heavy atom. The molecule has 30 heavy (non-hydrogen) atoms. The zero-order valence-corrected chi connectivity index (χ0v) is 18.6. The minimum Gasteiger partial charge on any atom is -0.470 e. The third-order valence-corrected chi connectivity index (χ3v) is 7.22. The molecule has 0 bridgehead atoms. The number of halogens is 1. The molecule has 5 rings (SSSR count). The summed E-state index contributed by atoms with van der Waals surface area (Å²) in [7, 11) is 0. The summed E-state index contributed by atoms with van der Waals surface area (Å²) in [6.07, 6.45) is 2.43. The van der Waals surface area contributed by atoms with Crippen LogP contribution in [0.1, 0.15) is 16.7 Å². The first-order valence-electron chi connectivity index (χ1n) is 9.87. The van der Waals surface area contributed by atoms with E-state index in [1.165, 1.54) is 11.1 Å². The van der Waals surface area contributed by atoms with E-state index in [1.54, 1.807) is 18.1 Å². The fourth-order valence-corrected chi connectivity index (χ4v) is 5.39. The average molecular weight is 482 g/mol. The first kappa shape index (κ1) is 19.6. The highest BCUT2D eigenvalue weighted by molar-refractivity contribution is 9.10. The van der Waals surface area contributed by atoms with Gasteiger partial charge in [-0.1, -0.05) is 52.3 Å². The molecule has 3 aliphatic heterocycles. The van der Waals surface area contributed by atoms with Crippen molar-refractivity contribution in [1.82, 2.24) is 4.90 Å². The van der Waals surface area contributed by atoms with Crippen LogP contribution in [-0.4, -0.2) is 41.6 Å². The summed E-state index contributed by atoms with van der Waals surface area (Å²) in [5, 5.41) is 2.14. The molecule has 152 valence electrons. The SMILES string of the molecule is O=C(COC1=NC=N[C@@H]2SC=C(c3ccc(Br)cc3)[C@@H]12)N1CCc2ccccc2C1. The summed E-state index contributed by atoms with van der Waals surface area (Å²) < 4.78 is 7.02. The fraction of sp³-hybridized carbons (Fsp3) is 0.261. The van der Waals surface area contributed by atoms with Crippen LogP contribution >= 0.6 is 27.7 Å². The van der Waals surface area contributed by atoms with E-state index in [2.05, 4.69) is 61.7 Å². The molecule has 0 saturated carbocycles. The van der Waals surface area contributed by atoms with Crippen molar-refractivity contribution in [3.05, 3.63) is 75.1 Å². The van der Waals surface area contributed by atoms with E-state index >= 15 is 0 Å². The lowest BCUT2D eigenvalue weighted by atomic mass is 9.93. The largest absolute Gasteiger partial charge is 0.470 e. The lowest BCUT2D eigenvalue weighted by molar-refractivity contribution is -0.134. The van der Waals surface area contributed by atoms with Crippen molar-refractivity contribution in [2.45, 2.75) is 18.3 Å². The van der Waals surface area contributed by atoms with E-state index < -0.39 is 0 Å². The lowest BCUT2D eigenvalue weighted by Crippen LogP contribution is -2.39. The van der Waals surface area contributed by atoms with Gasteiger partial charge < -0.3 is 9.64 Å². The second-order valence-electron chi connectivity index (χ2n) is 7.44. The Morgan fingerprint density at radius 3 is 2.80 bits per heavy atom. The Bertz CT molecular complexity index is 1060. The van der Waals surface area contributed by atoms with Crippen LogP contribution in [-0.2, 0) is 22.5 Å². The molecule has 0 fully saturated rings. The number of fused-ring (bicyclic) bond motifs is 2. The molecule has 0 spiro atoms. The maximum Gasteiger partial charge on any atom is 0.260 e. The summed E-state index contributed by atoms with van der Waals surface area (Å²) in [6, 6.07) is 16.5. The maximum atomic E-state index is 12.8. The smallest absolute Gasteiger partial charge is 0.260 e. The van der Waals surface area contributed by atoms with Gasteiger partial charge in [0.1, 0.15) is 11.7 Å². The highest BCUT2D eigenvalue weighted by Gasteiger charge is 2.38. The standard InChI is InChI=1S/C23H20BrN3O2S/c24-18-7-5-16(6-8-18)19-13-30-23-21(19)22(25-14-26-23)29-12-20(28)27-10-9-15-3-1-2-4-17(15)11-27/h1-8,13-14,21,23H,9-12H2/t21-,23+/m0/s1. The quantitative estimate of drug-likeness (QED) is 0.647. The van der Waals surface area contributed by atoms with Gasteiger partial charge in [-0.3, -0.25) is 9.79 Å². The predicted molar refractivity (Wildman–Crippen MR) is 124 cm³/mol. The van der Waals surface area contributed by atoms with Gasteiger partial charge in [0.05, 0.1) is 5.92 Å². The Hall–Kier alpha value is -2.38. The van der Waals surface area contributed by atoms with Crippen molar-refractivity contribution in [2.24, 2.45) is 15.9 Å². The molecular formula is C23H20BrN3O2S. The van der Waals surface area contributed by atoms with Gasteiger partial charge in [0.25, 0.3) is 5.91 Å². The molecular weight excluding hydrogens is 462 g/mol. The van der Waals surface area contributed by atoms with Crippen molar-refractivity contribution in [2.75, 3.05) is 13.2 Å². The van der Waals surface area contributed by atoms with Gasteiger partial charge in [-0.25, -0.2) is 4.99 Å². The van der Waals surface area contributed by atoms with Crippen LogP contribution in [0, 0.1) is 5.92 Å². The van der Waals surface area contributed by atoms with Gasteiger partial charge in [-0.15, -0.1) is 11.8 Å². The van der Waals surface area contributed by atoms with Gasteiger partial charge in [0.15, 0.2) is 6.61 Å². The molecule has 1 amide bonds. The Balaban J connectivity index is 1.27. The molecule has 2 aromatic rings. The van der Waals surface area contributed by atoms with Crippen LogP contribution in [0.2, 0.25) is 0 Å². The molecule has 0 aromatic heterocycles. The normalized spacial score (nSPS) is 22.1. The van der Waals surface area contributed by atoms with E-state index in [4.69, 9.17) is 4.74 Å². The first-order chi connectivity index (χ1) is 14.7. The number of benzene rings is 2. The number of amides is 1. The molecule has 0 aliphatic carbocycles. The number of rotatable bonds is 3. The summed E-state index contributed by atoms with van der Waals surface area (Å²) in [6.45, 7) is 1.35. The van der Waals surface area contributed by atoms with Crippen LogP contribution in [0.4, 0.5) is 0 Å². The van der Waals surface area contributed by atoms with Gasteiger partial charge >= 0.3 is 0 Å². The zero-order chi connectivity index (χ0) is 20.5. The number of hydrogen-bond donors (Lipinski definition) is 0. The fourth-order valence-electron chi connectivity index (χ4n) is 4.01. The van der Waals surface area contributed by atoms with Gasteiger partial charge in [0, 0.05) is 17.6 Å². The van der Waals surface area contributed by atoms with Crippen molar-refractivity contribution < 1.29 is 9.53 Å². The molecule has 2 aromatic carbocycles. The van der Waals surface area contributed by atoms with Crippen LogP contribution in [0.25, 0.3) is 5.57 Å². The van der Waals surface area contributed by atoms with Crippen molar-refractivity contribution in [3.8, 4) is 0 Å². The van der Waals surface area contributed by atoms with Crippen LogP contribution < -0.4 is 0 Å². The van der Waals surface area contributed by atoms with Gasteiger partial charge in [0.2, 0.25) is 5.90 Å². The van der Waals surface area contributed by atoms with E-state index in [9.17, 15) is 4.79 Å². The maximum absolute atomic E-state index is 12.8. The third kappa shape index (κ3) is 3.84. The summed E-state index contributed by atoms with van der Waals surface area (Å²) in [5.74, 6) is 0.488. The molecule has 0 radical (unpaired) electrons. The molecule has 2 atom stereocenters. The Morgan fingerprint density at radius 1 is 1.17 bits per heavy atom. The lowest BCUT2D eigenvalue weighted by Gasteiger charge is -2.29. The number of thioether (sulfide) groups is 1. The molecule has 0 unspecified atom stereocenters. The van der Waals surface area contributed by atoms with E-state index in [1.807, 2.05) is 23.1 Å². The number of hydrogen-bond acceptors (Lipinski definition) is 5. The second kappa shape index (κ2) is 8.40. The average Bonchev–Trinajstić information content (AvgIpc) is 3.22. The molecule has 0 N–H and O–H groups in total. The van der Waals surface area contributed by atoms with Crippen molar-refractivity contribution in [3.63, 3.8) is 0 Å². The van der Waals surface area contributed by atoms with Gasteiger partial charge in [-0.05, 0) is 46.2 Å². The zero-order valence-electron chi connectivity index (χ0n) is 16.2. The highest BCUT2D eigenvalue weighted by Crippen LogP contribution is 2.44. The summed E-state index contributed by atoms with van der Waals surface area (Å²) >= 11 is 5.15. The minimum absolute atomic E-state index is 0.00363. The number of ether oxygens (including phenoxy) is 1. The molecule has 3 aliphatic rings. The predicted octanol–water partition coefficient (Wildman–Crippen LogP) is 4.52.